The normalized spacial score (nSPS) is 19.2. The van der Waals surface area contributed by atoms with Gasteiger partial charge in [-0.3, -0.25) is 14.5 Å². The number of piperidine rings is 1. The zero-order chi connectivity index (χ0) is 29.6. The van der Waals surface area contributed by atoms with Gasteiger partial charge in [-0.15, -0.1) is 0 Å². The highest BCUT2D eigenvalue weighted by molar-refractivity contribution is 6.01. The molecule has 1 saturated heterocycles. The minimum atomic E-state index is -0.601. The number of carbonyl (C=O) groups is 2. The summed E-state index contributed by atoms with van der Waals surface area (Å²) in [6.07, 6.45) is 2.50. The molecule has 0 aromatic heterocycles. The second-order valence-corrected chi connectivity index (χ2v) is 11.0. The van der Waals surface area contributed by atoms with E-state index in [-0.39, 0.29) is 17.9 Å². The molecule has 3 aromatic rings. The van der Waals surface area contributed by atoms with Crippen molar-refractivity contribution in [1.82, 2.24) is 15.1 Å². The Labute approximate surface area is 248 Å². The van der Waals surface area contributed by atoms with E-state index in [0.717, 1.165) is 50.0 Å². The average Bonchev–Trinajstić information content (AvgIpc) is 3.02. The van der Waals surface area contributed by atoms with E-state index >= 15 is 0 Å². The molecule has 0 aliphatic carbocycles. The molecule has 2 aliphatic rings. The van der Waals surface area contributed by atoms with E-state index in [9.17, 15) is 9.59 Å². The quantitative estimate of drug-likeness (QED) is 0.361. The van der Waals surface area contributed by atoms with Crippen LogP contribution in [0.25, 0.3) is 0 Å². The Hall–Kier alpha value is -4.04. The van der Waals surface area contributed by atoms with Crippen molar-refractivity contribution in [1.29, 1.82) is 0 Å². The highest BCUT2D eigenvalue weighted by Gasteiger charge is 2.45. The van der Waals surface area contributed by atoms with Gasteiger partial charge in [0.25, 0.3) is 5.91 Å². The van der Waals surface area contributed by atoms with Crippen LogP contribution >= 0.6 is 0 Å². The maximum Gasteiger partial charge on any atom is 0.254 e. The molecular formula is C34H41N3O5. The van der Waals surface area contributed by atoms with Crippen molar-refractivity contribution in [3.8, 4) is 17.2 Å². The predicted octanol–water partition coefficient (Wildman–Crippen LogP) is 5.18. The van der Waals surface area contributed by atoms with Gasteiger partial charge in [0, 0.05) is 37.8 Å². The summed E-state index contributed by atoms with van der Waals surface area (Å²) in [6, 6.07) is 21.2. The summed E-state index contributed by atoms with van der Waals surface area (Å²) in [6.45, 7) is 5.29. The monoisotopic (exact) mass is 571 g/mol. The van der Waals surface area contributed by atoms with Crippen LogP contribution in [-0.2, 0) is 11.3 Å². The van der Waals surface area contributed by atoms with Crippen molar-refractivity contribution in [2.24, 2.45) is 0 Å². The molecule has 42 heavy (non-hydrogen) atoms. The molecule has 2 atom stereocenters. The Morgan fingerprint density at radius 1 is 0.905 bits per heavy atom. The zero-order valence-electron chi connectivity index (χ0n) is 25.0. The predicted molar refractivity (Wildman–Crippen MR) is 162 cm³/mol. The number of benzene rings is 3. The maximum absolute atomic E-state index is 14.3. The van der Waals surface area contributed by atoms with Crippen LogP contribution < -0.4 is 19.5 Å². The van der Waals surface area contributed by atoms with Crippen molar-refractivity contribution in [2.45, 2.75) is 50.7 Å². The average molecular weight is 572 g/mol. The van der Waals surface area contributed by atoms with Gasteiger partial charge in [0.05, 0.1) is 33.3 Å². The number of fused-ring (bicyclic) bond motifs is 1. The fraction of sp³-hybridized carbons (Fsp3) is 0.412. The van der Waals surface area contributed by atoms with Crippen LogP contribution in [0.3, 0.4) is 0 Å². The third-order valence-electron chi connectivity index (χ3n) is 8.40. The van der Waals surface area contributed by atoms with Gasteiger partial charge >= 0.3 is 0 Å². The number of nitrogens with zero attached hydrogens (tertiary/aromatic N) is 2. The summed E-state index contributed by atoms with van der Waals surface area (Å²) in [5, 5.41) is 3.38. The van der Waals surface area contributed by atoms with Crippen LogP contribution in [0.4, 0.5) is 0 Å². The third-order valence-corrected chi connectivity index (χ3v) is 8.40. The van der Waals surface area contributed by atoms with E-state index in [1.165, 1.54) is 5.56 Å². The molecule has 2 amide bonds. The molecule has 1 fully saturated rings. The van der Waals surface area contributed by atoms with E-state index in [1.54, 1.807) is 21.3 Å². The van der Waals surface area contributed by atoms with E-state index in [4.69, 9.17) is 14.2 Å². The van der Waals surface area contributed by atoms with Gasteiger partial charge in [0.15, 0.2) is 11.5 Å². The highest BCUT2D eigenvalue weighted by atomic mass is 16.5. The van der Waals surface area contributed by atoms with Gasteiger partial charge in [0.1, 0.15) is 0 Å². The largest absolute Gasteiger partial charge is 0.493 e. The molecule has 2 aliphatic heterocycles. The van der Waals surface area contributed by atoms with Gasteiger partial charge in [-0.2, -0.15) is 0 Å². The Morgan fingerprint density at radius 2 is 1.55 bits per heavy atom. The summed E-state index contributed by atoms with van der Waals surface area (Å²) >= 11 is 0. The van der Waals surface area contributed by atoms with Crippen molar-refractivity contribution < 1.29 is 23.8 Å². The molecule has 2 heterocycles. The molecule has 0 unspecified atom stereocenters. The lowest BCUT2D eigenvalue weighted by molar-refractivity contribution is -0.125. The van der Waals surface area contributed by atoms with Gasteiger partial charge in [-0.1, -0.05) is 55.5 Å². The number of methoxy groups -OCH3 is 3. The number of nitrogens with one attached hydrogen (secondary N) is 1. The topological polar surface area (TPSA) is 80.3 Å². The first-order valence-electron chi connectivity index (χ1n) is 14.8. The van der Waals surface area contributed by atoms with Crippen LogP contribution in [-0.4, -0.2) is 68.6 Å². The number of rotatable bonds is 10. The molecule has 1 N–H and O–H groups in total. The van der Waals surface area contributed by atoms with Crippen LogP contribution in [0.2, 0.25) is 0 Å². The Balaban J connectivity index is 1.46. The second-order valence-electron chi connectivity index (χ2n) is 11.0. The second kappa shape index (κ2) is 13.3. The lowest BCUT2D eigenvalue weighted by atomic mass is 9.78. The molecule has 5 rings (SSSR count). The summed E-state index contributed by atoms with van der Waals surface area (Å²) in [5.74, 6) is 0.687. The molecule has 0 bridgehead atoms. The Kier molecular flexibility index (Phi) is 9.32. The lowest BCUT2D eigenvalue weighted by Gasteiger charge is -2.42. The smallest absolute Gasteiger partial charge is 0.254 e. The number of amides is 2. The number of likely N-dealkylation sites (tertiary alicyclic amines) is 1. The van der Waals surface area contributed by atoms with Crippen molar-refractivity contribution in [3.63, 3.8) is 0 Å². The minimum absolute atomic E-state index is 0.0644. The van der Waals surface area contributed by atoms with Crippen LogP contribution in [0.5, 0.6) is 17.2 Å². The summed E-state index contributed by atoms with van der Waals surface area (Å²) < 4.78 is 16.9. The number of hydrogen-bond donors (Lipinski definition) is 1. The fourth-order valence-electron chi connectivity index (χ4n) is 6.37. The van der Waals surface area contributed by atoms with Gasteiger partial charge in [-0.25, -0.2) is 0 Å². The lowest BCUT2D eigenvalue weighted by Crippen LogP contribution is -2.51. The maximum atomic E-state index is 14.3. The summed E-state index contributed by atoms with van der Waals surface area (Å²) in [7, 11) is 4.70. The van der Waals surface area contributed by atoms with Gasteiger partial charge in [-0.05, 0) is 54.2 Å². The van der Waals surface area contributed by atoms with Crippen LogP contribution in [0, 0.1) is 0 Å². The number of hydrogen-bond acceptors (Lipinski definition) is 6. The molecule has 222 valence electrons. The van der Waals surface area contributed by atoms with Crippen molar-refractivity contribution in [2.75, 3.05) is 41.0 Å². The summed E-state index contributed by atoms with van der Waals surface area (Å²) in [4.78, 5) is 32.5. The van der Waals surface area contributed by atoms with Crippen molar-refractivity contribution >= 4 is 11.8 Å². The number of carbonyl (C=O) groups excluding carboxylic acids is 2. The first-order valence-corrected chi connectivity index (χ1v) is 14.8. The zero-order valence-corrected chi connectivity index (χ0v) is 25.0. The van der Waals surface area contributed by atoms with Crippen molar-refractivity contribution in [3.05, 3.63) is 89.0 Å². The first-order chi connectivity index (χ1) is 20.5. The third kappa shape index (κ3) is 5.95. The van der Waals surface area contributed by atoms with E-state index in [1.807, 2.05) is 54.3 Å². The van der Waals surface area contributed by atoms with Crippen LogP contribution in [0.15, 0.2) is 66.7 Å². The SMILES string of the molecule is CCCN1C(=O)c2ccccc2[C@H](C(=O)NC2CCN(Cc3ccccc3)CC2)[C@@H]1c1cc(OC)c(OC)c(OC)c1. The van der Waals surface area contributed by atoms with Crippen LogP contribution in [0.1, 0.15) is 65.2 Å². The first kappa shape index (κ1) is 29.5. The molecule has 0 saturated carbocycles. The molecule has 0 radical (unpaired) electrons. The molecule has 3 aromatic carbocycles. The van der Waals surface area contributed by atoms with E-state index < -0.39 is 12.0 Å². The fourth-order valence-corrected chi connectivity index (χ4v) is 6.37. The highest BCUT2D eigenvalue weighted by Crippen LogP contribution is 2.47. The van der Waals surface area contributed by atoms with Gasteiger partial charge in [0.2, 0.25) is 11.7 Å². The molecular weight excluding hydrogens is 530 g/mol. The molecule has 8 heteroatoms. The Bertz CT molecular complexity index is 1360. The van der Waals surface area contributed by atoms with E-state index in [0.29, 0.717) is 29.4 Å². The summed E-state index contributed by atoms with van der Waals surface area (Å²) in [5.41, 5.74) is 3.38. The minimum Gasteiger partial charge on any atom is -0.493 e. The van der Waals surface area contributed by atoms with E-state index in [2.05, 4.69) is 34.5 Å². The Morgan fingerprint density at radius 3 is 2.17 bits per heavy atom. The number of ether oxygens (including phenoxy) is 3. The standard InChI is InChI=1S/C34H41N3O5/c1-5-17-37-31(24-20-28(40-2)32(42-4)29(21-24)41-3)30(26-13-9-10-14-27(26)34(37)39)33(38)35-25-15-18-36(19-16-25)22-23-11-7-6-8-12-23/h6-14,20-21,25,30-31H,5,15-19,22H2,1-4H3,(H,35,38)/t30-,31-/m0/s1. The van der Waals surface area contributed by atoms with Gasteiger partial charge < -0.3 is 24.4 Å². The molecule has 0 spiro atoms. The molecule has 8 nitrogen and oxygen atoms in total.